The van der Waals surface area contributed by atoms with Gasteiger partial charge in [-0.3, -0.25) is 0 Å². The molecule has 0 spiro atoms. The third-order valence-electron chi connectivity index (χ3n) is 14.8. The quantitative estimate of drug-likeness (QED) is 0.151. The molecule has 71 heavy (non-hydrogen) atoms. The zero-order valence-corrected chi connectivity index (χ0v) is 39.1. The summed E-state index contributed by atoms with van der Waals surface area (Å²) in [5.41, 5.74) is 17.7. The van der Waals surface area contributed by atoms with Crippen LogP contribution in [0.3, 0.4) is 0 Å². The van der Waals surface area contributed by atoms with E-state index in [0.29, 0.717) is 5.02 Å². The van der Waals surface area contributed by atoms with Crippen LogP contribution in [0.1, 0.15) is 0 Å². The smallest absolute Gasteiger partial charge is 0.0620 e. The number of aromatic nitrogens is 2. The number of benzene rings is 11. The summed E-state index contributed by atoms with van der Waals surface area (Å²) in [4.78, 5) is 4.79. The van der Waals surface area contributed by atoms with Crippen LogP contribution in [0.25, 0.3) is 98.4 Å². The lowest BCUT2D eigenvalue weighted by molar-refractivity contribution is 1.25. The van der Waals surface area contributed by atoms with Gasteiger partial charge in [-0.15, -0.1) is 0 Å². The average Bonchev–Trinajstić information content (AvgIpc) is 4.16. The Morgan fingerprint density at radius 1 is 0.268 bits per heavy atom. The fraction of sp³-hybridized carbons (Fsp3) is 0. The SMILES string of the molecule is Clc1cc(N(c2ccc3c4cccc5c6ccccc6n(c3c2)c54)c2ccccc2-c2ccccc2)cc(N(c2ccc3c4cccc5c6ccccc6n(c3c2)c54)c2ccccc2-c2ccccc2)c1. The Bertz CT molecular complexity index is 4260. The fourth-order valence-corrected chi connectivity index (χ4v) is 12.1. The van der Waals surface area contributed by atoms with Gasteiger partial charge in [-0.05, 0) is 77.9 Å². The van der Waals surface area contributed by atoms with Gasteiger partial charge in [0.2, 0.25) is 0 Å². The van der Waals surface area contributed by atoms with Crippen molar-refractivity contribution in [3.05, 3.63) is 254 Å². The molecule has 0 bridgehead atoms. The van der Waals surface area contributed by atoms with Crippen LogP contribution in [0.15, 0.2) is 249 Å². The van der Waals surface area contributed by atoms with Gasteiger partial charge < -0.3 is 18.6 Å². The lowest BCUT2D eigenvalue weighted by atomic mass is 10.0. The van der Waals surface area contributed by atoms with Crippen LogP contribution in [-0.2, 0) is 0 Å². The molecule has 0 fully saturated rings. The molecular formula is C66H41ClN4. The molecule has 332 valence electrons. The first kappa shape index (κ1) is 39.9. The van der Waals surface area contributed by atoms with Gasteiger partial charge in [0.05, 0.1) is 44.5 Å². The molecule has 0 aliphatic heterocycles. The molecule has 5 heteroatoms. The summed E-state index contributed by atoms with van der Waals surface area (Å²) in [6, 6.07) is 90.2. The summed E-state index contributed by atoms with van der Waals surface area (Å²) in [5.74, 6) is 0. The Labute approximate surface area is 414 Å². The van der Waals surface area contributed by atoms with Gasteiger partial charge in [0, 0.05) is 82.0 Å². The molecule has 0 N–H and O–H groups in total. The largest absolute Gasteiger partial charge is 0.310 e. The van der Waals surface area contributed by atoms with Gasteiger partial charge in [0.1, 0.15) is 0 Å². The number of rotatable bonds is 8. The number of hydrogen-bond donors (Lipinski definition) is 0. The maximum Gasteiger partial charge on any atom is 0.0620 e. The Kier molecular flexibility index (Phi) is 8.68. The molecular weight excluding hydrogens is 884 g/mol. The molecule has 0 aliphatic rings. The predicted molar refractivity (Wildman–Crippen MR) is 301 cm³/mol. The molecule has 4 nitrogen and oxygen atoms in total. The highest BCUT2D eigenvalue weighted by atomic mass is 35.5. The minimum Gasteiger partial charge on any atom is -0.310 e. The van der Waals surface area contributed by atoms with Crippen molar-refractivity contribution in [2.24, 2.45) is 0 Å². The summed E-state index contributed by atoms with van der Waals surface area (Å²) in [7, 11) is 0. The molecule has 0 unspecified atom stereocenters. The van der Waals surface area contributed by atoms with Crippen molar-refractivity contribution in [1.29, 1.82) is 0 Å². The molecule has 4 heterocycles. The summed E-state index contributed by atoms with van der Waals surface area (Å²) in [5, 5.41) is 10.6. The molecule has 0 saturated carbocycles. The van der Waals surface area contributed by atoms with E-state index in [-0.39, 0.29) is 0 Å². The van der Waals surface area contributed by atoms with Gasteiger partial charge in [-0.25, -0.2) is 0 Å². The van der Waals surface area contributed by atoms with E-state index in [1.165, 1.54) is 65.2 Å². The highest BCUT2D eigenvalue weighted by Crippen LogP contribution is 2.49. The van der Waals surface area contributed by atoms with Crippen LogP contribution in [0.2, 0.25) is 5.02 Å². The molecule has 15 aromatic rings. The third-order valence-corrected chi connectivity index (χ3v) is 15.0. The maximum absolute atomic E-state index is 7.56. The second-order valence-electron chi connectivity index (χ2n) is 18.6. The molecule has 0 radical (unpaired) electrons. The summed E-state index contributed by atoms with van der Waals surface area (Å²) in [6.07, 6.45) is 0. The lowest BCUT2D eigenvalue weighted by Crippen LogP contribution is -2.14. The van der Waals surface area contributed by atoms with Crippen LogP contribution < -0.4 is 9.80 Å². The van der Waals surface area contributed by atoms with Crippen LogP contribution in [-0.4, -0.2) is 8.80 Å². The average molecular weight is 926 g/mol. The van der Waals surface area contributed by atoms with Crippen LogP contribution in [0.5, 0.6) is 0 Å². The van der Waals surface area contributed by atoms with Gasteiger partial charge in [-0.2, -0.15) is 0 Å². The first-order chi connectivity index (χ1) is 35.2. The lowest BCUT2D eigenvalue weighted by Gasteiger charge is -2.32. The number of anilines is 6. The van der Waals surface area contributed by atoms with Gasteiger partial charge >= 0.3 is 0 Å². The Balaban J connectivity index is 1.00. The monoisotopic (exact) mass is 924 g/mol. The molecule has 0 atom stereocenters. The van der Waals surface area contributed by atoms with E-state index in [2.05, 4.69) is 267 Å². The molecule has 4 aromatic heterocycles. The van der Waals surface area contributed by atoms with Gasteiger partial charge in [0.25, 0.3) is 0 Å². The number of para-hydroxylation sites is 6. The maximum atomic E-state index is 7.56. The normalized spacial score (nSPS) is 12.0. The van der Waals surface area contributed by atoms with Crippen molar-refractivity contribution in [1.82, 2.24) is 8.80 Å². The van der Waals surface area contributed by atoms with Crippen molar-refractivity contribution in [3.8, 4) is 22.3 Å². The van der Waals surface area contributed by atoms with E-state index in [9.17, 15) is 0 Å². The topological polar surface area (TPSA) is 15.3 Å². The highest BCUT2D eigenvalue weighted by Gasteiger charge is 2.26. The second-order valence-corrected chi connectivity index (χ2v) is 19.1. The van der Waals surface area contributed by atoms with Crippen LogP contribution in [0, 0.1) is 0 Å². The first-order valence-corrected chi connectivity index (χ1v) is 24.6. The van der Waals surface area contributed by atoms with E-state index < -0.39 is 0 Å². The van der Waals surface area contributed by atoms with Crippen molar-refractivity contribution in [3.63, 3.8) is 0 Å². The van der Waals surface area contributed by atoms with Gasteiger partial charge in [0.15, 0.2) is 0 Å². The van der Waals surface area contributed by atoms with Crippen molar-refractivity contribution in [2.45, 2.75) is 0 Å². The zero-order chi connectivity index (χ0) is 46.7. The number of fused-ring (bicyclic) bond motifs is 12. The standard InChI is InChI=1S/C66H41ClN4/c67-44-37-47(68(59-29-11-7-21-49(59)42-17-3-1-4-18-42)45-33-35-53-57-27-15-25-55-51-23-9-13-31-61(51)70(65(55)57)63(53)40-45)39-48(38-44)69(60-30-12-8-22-50(60)43-19-5-2-6-20-43)46-34-36-54-58-28-16-26-56-52-24-10-14-32-62(52)71(66(56)58)64(54)41-46/h1-41H. The van der Waals surface area contributed by atoms with E-state index in [1.54, 1.807) is 0 Å². The van der Waals surface area contributed by atoms with Crippen molar-refractivity contribution < 1.29 is 0 Å². The Morgan fingerprint density at radius 3 is 1.08 bits per heavy atom. The number of nitrogens with zero attached hydrogens (tertiary/aromatic N) is 4. The second kappa shape index (κ2) is 15.5. The first-order valence-electron chi connectivity index (χ1n) is 24.2. The third kappa shape index (κ3) is 5.92. The highest BCUT2D eigenvalue weighted by molar-refractivity contribution is 6.31. The van der Waals surface area contributed by atoms with E-state index in [4.69, 9.17) is 11.6 Å². The minimum absolute atomic E-state index is 0.625. The summed E-state index contributed by atoms with van der Waals surface area (Å²) in [6.45, 7) is 0. The van der Waals surface area contributed by atoms with Gasteiger partial charge in [-0.1, -0.05) is 194 Å². The molecule has 0 aliphatic carbocycles. The van der Waals surface area contributed by atoms with Crippen LogP contribution >= 0.6 is 11.6 Å². The van der Waals surface area contributed by atoms with E-state index in [0.717, 1.165) is 67.4 Å². The number of hydrogen-bond acceptors (Lipinski definition) is 2. The van der Waals surface area contributed by atoms with Crippen molar-refractivity contribution >= 4 is 122 Å². The Hall–Kier alpha value is -9.09. The zero-order valence-electron chi connectivity index (χ0n) is 38.3. The number of halogens is 1. The molecule has 0 amide bonds. The Morgan fingerprint density at radius 2 is 0.634 bits per heavy atom. The summed E-state index contributed by atoms with van der Waals surface area (Å²) >= 11 is 7.56. The molecule has 15 rings (SSSR count). The summed E-state index contributed by atoms with van der Waals surface area (Å²) < 4.78 is 4.92. The van der Waals surface area contributed by atoms with E-state index >= 15 is 0 Å². The van der Waals surface area contributed by atoms with Crippen molar-refractivity contribution in [2.75, 3.05) is 9.80 Å². The van der Waals surface area contributed by atoms with E-state index in [1.807, 2.05) is 0 Å². The minimum atomic E-state index is 0.625. The van der Waals surface area contributed by atoms with Crippen LogP contribution in [0.4, 0.5) is 34.1 Å². The molecule has 11 aromatic carbocycles. The predicted octanol–water partition coefficient (Wildman–Crippen LogP) is 18.9. The fourth-order valence-electron chi connectivity index (χ4n) is 11.8. The molecule has 0 saturated heterocycles.